The van der Waals surface area contributed by atoms with Crippen LogP contribution >= 0.6 is 46.4 Å². The summed E-state index contributed by atoms with van der Waals surface area (Å²) in [6.07, 6.45) is 0. The molecule has 33 heavy (non-hydrogen) atoms. The molecule has 0 bridgehead atoms. The smallest absolute Gasteiger partial charge is 0.241 e. The van der Waals surface area contributed by atoms with Crippen molar-refractivity contribution in [2.75, 3.05) is 24.9 Å². The van der Waals surface area contributed by atoms with Gasteiger partial charge in [0, 0.05) is 10.0 Å². The van der Waals surface area contributed by atoms with E-state index < -0.39 is 17.7 Å². The van der Waals surface area contributed by atoms with Gasteiger partial charge in [0.25, 0.3) is 0 Å². The van der Waals surface area contributed by atoms with E-state index in [9.17, 15) is 9.59 Å². The van der Waals surface area contributed by atoms with Crippen molar-refractivity contribution in [3.05, 3.63) is 80.3 Å². The summed E-state index contributed by atoms with van der Waals surface area (Å²) in [7, 11) is 2.81. The van der Waals surface area contributed by atoms with Crippen LogP contribution in [-0.2, 0) is 9.59 Å². The van der Waals surface area contributed by atoms with Gasteiger partial charge in [0.05, 0.1) is 35.6 Å². The largest absolute Gasteiger partial charge is 0.493 e. The number of hydrogen-bond donors (Lipinski definition) is 2. The van der Waals surface area contributed by atoms with Crippen molar-refractivity contribution < 1.29 is 19.1 Å². The first kappa shape index (κ1) is 25.0. The molecule has 0 heterocycles. The lowest BCUT2D eigenvalue weighted by Gasteiger charge is -2.20. The highest BCUT2D eigenvalue weighted by molar-refractivity contribution is 6.37. The summed E-state index contributed by atoms with van der Waals surface area (Å²) in [5.41, 5.74) is 0.890. The molecular formula is C23H18Cl4N2O4. The predicted molar refractivity (Wildman–Crippen MR) is 132 cm³/mol. The molecule has 0 unspecified atom stereocenters. The van der Waals surface area contributed by atoms with Crippen LogP contribution in [0.3, 0.4) is 0 Å². The Hall–Kier alpha value is -2.64. The average molecular weight is 528 g/mol. The van der Waals surface area contributed by atoms with Crippen LogP contribution in [0.5, 0.6) is 11.5 Å². The molecule has 0 aliphatic carbocycles. The van der Waals surface area contributed by atoms with Gasteiger partial charge < -0.3 is 20.1 Å². The number of nitrogens with one attached hydrogen (secondary N) is 2. The topological polar surface area (TPSA) is 76.7 Å². The maximum absolute atomic E-state index is 13.3. The Morgan fingerprint density at radius 3 is 1.55 bits per heavy atom. The lowest BCUT2D eigenvalue weighted by molar-refractivity contribution is -0.126. The zero-order valence-corrected chi connectivity index (χ0v) is 20.4. The van der Waals surface area contributed by atoms with Gasteiger partial charge >= 0.3 is 0 Å². The van der Waals surface area contributed by atoms with Gasteiger partial charge in [-0.1, -0.05) is 76.7 Å². The van der Waals surface area contributed by atoms with E-state index in [4.69, 9.17) is 55.9 Å². The van der Waals surface area contributed by atoms with Gasteiger partial charge in [-0.25, -0.2) is 0 Å². The summed E-state index contributed by atoms with van der Waals surface area (Å²) in [6.45, 7) is 0. The molecule has 3 aromatic rings. The molecule has 0 fully saturated rings. The van der Waals surface area contributed by atoms with Gasteiger partial charge in [0.1, 0.15) is 5.92 Å². The second-order valence-electron chi connectivity index (χ2n) is 6.76. The number of hydrogen-bond acceptors (Lipinski definition) is 4. The molecule has 0 atom stereocenters. The van der Waals surface area contributed by atoms with Crippen molar-refractivity contribution in [1.29, 1.82) is 0 Å². The van der Waals surface area contributed by atoms with Crippen LogP contribution in [0.15, 0.2) is 54.6 Å². The molecule has 3 rings (SSSR count). The normalized spacial score (nSPS) is 10.6. The highest BCUT2D eigenvalue weighted by Gasteiger charge is 2.30. The Kier molecular flexibility index (Phi) is 8.32. The quantitative estimate of drug-likeness (QED) is 0.336. The minimum Gasteiger partial charge on any atom is -0.493 e. The zero-order chi connectivity index (χ0) is 24.1. The van der Waals surface area contributed by atoms with E-state index in [0.29, 0.717) is 5.56 Å². The van der Waals surface area contributed by atoms with Crippen molar-refractivity contribution >= 4 is 69.6 Å². The highest BCUT2D eigenvalue weighted by atomic mass is 35.5. The molecule has 0 saturated heterocycles. The lowest BCUT2D eigenvalue weighted by Crippen LogP contribution is -2.32. The molecule has 3 aromatic carbocycles. The number of rotatable bonds is 7. The van der Waals surface area contributed by atoms with Gasteiger partial charge in [-0.15, -0.1) is 0 Å². The molecule has 0 aliphatic rings. The molecule has 0 radical (unpaired) electrons. The first-order chi connectivity index (χ1) is 15.7. The van der Waals surface area contributed by atoms with Gasteiger partial charge in [-0.3, -0.25) is 9.59 Å². The van der Waals surface area contributed by atoms with Crippen molar-refractivity contribution in [1.82, 2.24) is 0 Å². The molecule has 2 N–H and O–H groups in total. The van der Waals surface area contributed by atoms with Crippen LogP contribution in [-0.4, -0.2) is 26.0 Å². The number of methoxy groups -OCH3 is 2. The van der Waals surface area contributed by atoms with Crippen molar-refractivity contribution in [2.45, 2.75) is 5.92 Å². The van der Waals surface area contributed by atoms with Crippen LogP contribution in [0.25, 0.3) is 0 Å². The lowest BCUT2D eigenvalue weighted by atomic mass is 9.96. The maximum atomic E-state index is 13.3. The Balaban J connectivity index is 1.99. The van der Waals surface area contributed by atoms with Gasteiger partial charge in [-0.2, -0.15) is 0 Å². The molecule has 0 aromatic heterocycles. The van der Waals surface area contributed by atoms with E-state index in [1.54, 1.807) is 30.3 Å². The van der Waals surface area contributed by atoms with Crippen LogP contribution in [0, 0.1) is 0 Å². The van der Waals surface area contributed by atoms with E-state index in [2.05, 4.69) is 10.6 Å². The monoisotopic (exact) mass is 526 g/mol. The Bertz CT molecular complexity index is 1120. The highest BCUT2D eigenvalue weighted by Crippen LogP contribution is 2.38. The standard InChI is InChI=1S/C23H18Cl4N2O4/c1-32-20-15(26)8-13(24)10-17(20)28-22(30)19(12-6-4-3-5-7-12)23(31)29-18-11-14(25)9-16(27)21(18)33-2/h3-11,19H,1-2H3,(H,28,30)(H,29,31). The SMILES string of the molecule is COc1c(Cl)cc(Cl)cc1NC(=O)C(C(=O)Nc1cc(Cl)cc(Cl)c1OC)c1ccccc1. The second-order valence-corrected chi connectivity index (χ2v) is 8.45. The molecular weight excluding hydrogens is 510 g/mol. The van der Waals surface area contributed by atoms with Crippen molar-refractivity contribution in [3.8, 4) is 11.5 Å². The summed E-state index contributed by atoms with van der Waals surface area (Å²) >= 11 is 24.5. The van der Waals surface area contributed by atoms with E-state index in [-0.39, 0.29) is 43.0 Å². The number of carbonyl (C=O) groups excluding carboxylic acids is 2. The Morgan fingerprint density at radius 2 is 1.15 bits per heavy atom. The first-order valence-corrected chi connectivity index (χ1v) is 11.0. The molecule has 172 valence electrons. The minimum atomic E-state index is -1.25. The number of ether oxygens (including phenoxy) is 2. The van der Waals surface area contributed by atoms with E-state index in [0.717, 1.165) is 0 Å². The van der Waals surface area contributed by atoms with Gasteiger partial charge in [0.15, 0.2) is 11.5 Å². The molecule has 0 aliphatic heterocycles. The fraction of sp³-hybridized carbons (Fsp3) is 0.130. The second kappa shape index (κ2) is 11.0. The summed E-state index contributed by atoms with van der Waals surface area (Å²) in [4.78, 5) is 26.7. The summed E-state index contributed by atoms with van der Waals surface area (Å²) in [5.74, 6) is -2.10. The molecule has 0 spiro atoms. The number of anilines is 2. The third-order valence-electron chi connectivity index (χ3n) is 4.60. The maximum Gasteiger partial charge on any atom is 0.241 e. The number of benzene rings is 3. The number of amides is 2. The van der Waals surface area contributed by atoms with E-state index >= 15 is 0 Å². The molecule has 2 amide bonds. The van der Waals surface area contributed by atoms with Gasteiger partial charge in [-0.05, 0) is 29.8 Å². The molecule has 6 nitrogen and oxygen atoms in total. The summed E-state index contributed by atoms with van der Waals surface area (Å²) < 4.78 is 10.6. The molecule has 0 saturated carbocycles. The number of halogens is 4. The fourth-order valence-corrected chi connectivity index (χ4v) is 4.34. The first-order valence-electron chi connectivity index (χ1n) is 9.48. The zero-order valence-electron chi connectivity index (χ0n) is 17.4. The Morgan fingerprint density at radius 1 is 0.727 bits per heavy atom. The Labute approximate surface area is 210 Å². The van der Waals surface area contributed by atoms with Crippen molar-refractivity contribution in [2.24, 2.45) is 0 Å². The third kappa shape index (κ3) is 5.84. The van der Waals surface area contributed by atoms with E-state index in [1.807, 2.05) is 0 Å². The number of carbonyl (C=O) groups is 2. The molecule has 10 heteroatoms. The van der Waals surface area contributed by atoms with E-state index in [1.165, 1.54) is 38.5 Å². The predicted octanol–water partition coefficient (Wildman–Crippen LogP) is 6.68. The van der Waals surface area contributed by atoms with Crippen molar-refractivity contribution in [3.63, 3.8) is 0 Å². The minimum absolute atomic E-state index is 0.208. The fourth-order valence-electron chi connectivity index (χ4n) is 3.20. The van der Waals surface area contributed by atoms with Crippen LogP contribution in [0.1, 0.15) is 11.5 Å². The van der Waals surface area contributed by atoms with Crippen LogP contribution in [0.4, 0.5) is 11.4 Å². The van der Waals surface area contributed by atoms with Crippen LogP contribution < -0.4 is 20.1 Å². The van der Waals surface area contributed by atoms with Gasteiger partial charge in [0.2, 0.25) is 11.8 Å². The third-order valence-corrected chi connectivity index (χ3v) is 5.60. The summed E-state index contributed by atoms with van der Waals surface area (Å²) in [6, 6.07) is 14.4. The van der Waals surface area contributed by atoms with Crippen LogP contribution in [0.2, 0.25) is 20.1 Å². The summed E-state index contributed by atoms with van der Waals surface area (Å²) in [5, 5.41) is 6.36. The average Bonchev–Trinajstić information content (AvgIpc) is 2.74.